The van der Waals surface area contributed by atoms with E-state index in [0.717, 1.165) is 55.7 Å². The van der Waals surface area contributed by atoms with Crippen molar-refractivity contribution in [3.05, 3.63) is 82.4 Å². The topological polar surface area (TPSA) is 37.0 Å². The lowest BCUT2D eigenvalue weighted by Gasteiger charge is -2.40. The molecule has 1 atom stereocenters. The zero-order valence-corrected chi connectivity index (χ0v) is 21.5. The molecule has 1 fully saturated rings. The summed E-state index contributed by atoms with van der Waals surface area (Å²) in [6.07, 6.45) is 1.00. The van der Waals surface area contributed by atoms with Crippen molar-refractivity contribution in [2.75, 3.05) is 49.6 Å². The molecule has 0 bridgehead atoms. The first-order valence-electron chi connectivity index (χ1n) is 12.5. The highest BCUT2D eigenvalue weighted by Crippen LogP contribution is 2.43. The third kappa shape index (κ3) is 5.07. The van der Waals surface area contributed by atoms with Crippen LogP contribution in [0.2, 0.25) is 5.02 Å². The maximum absolute atomic E-state index is 6.26. The maximum Gasteiger partial charge on any atom is 0.161 e. The second kappa shape index (κ2) is 10.4. The van der Waals surface area contributed by atoms with Gasteiger partial charge in [-0.15, -0.1) is 0 Å². The van der Waals surface area contributed by atoms with Crippen LogP contribution < -0.4 is 24.6 Å². The summed E-state index contributed by atoms with van der Waals surface area (Å²) in [6.45, 7) is 9.17. The smallest absolute Gasteiger partial charge is 0.161 e. The third-order valence-corrected chi connectivity index (χ3v) is 7.12. The molecule has 0 aromatic heterocycles. The fourth-order valence-electron chi connectivity index (χ4n) is 5.19. The largest absolute Gasteiger partial charge is 0.493 e. The fourth-order valence-corrected chi connectivity index (χ4v) is 5.32. The van der Waals surface area contributed by atoms with Crippen LogP contribution in [-0.4, -0.2) is 45.9 Å². The highest BCUT2D eigenvalue weighted by atomic mass is 35.5. The molecule has 1 unspecified atom stereocenters. The first kappa shape index (κ1) is 23.8. The van der Waals surface area contributed by atoms with Crippen molar-refractivity contribution in [2.24, 2.45) is 0 Å². The Morgan fingerprint density at radius 2 is 1.57 bits per heavy atom. The summed E-state index contributed by atoms with van der Waals surface area (Å²) in [4.78, 5) is 4.95. The summed E-state index contributed by atoms with van der Waals surface area (Å²) in [7, 11) is 1.71. The predicted molar refractivity (Wildman–Crippen MR) is 145 cm³/mol. The minimum Gasteiger partial charge on any atom is -0.493 e. The van der Waals surface area contributed by atoms with Gasteiger partial charge in [-0.2, -0.15) is 0 Å². The van der Waals surface area contributed by atoms with Gasteiger partial charge in [0.15, 0.2) is 11.5 Å². The molecule has 5 nitrogen and oxygen atoms in total. The van der Waals surface area contributed by atoms with Gasteiger partial charge in [-0.3, -0.25) is 0 Å². The second-order valence-corrected chi connectivity index (χ2v) is 9.96. The molecule has 5 rings (SSSR count). The molecule has 2 aliphatic heterocycles. The van der Waals surface area contributed by atoms with Crippen molar-refractivity contribution >= 4 is 23.0 Å². The van der Waals surface area contributed by atoms with Gasteiger partial charge < -0.3 is 24.6 Å². The fraction of sp³-hybridized carbons (Fsp3) is 0.379. The Kier molecular flexibility index (Phi) is 7.07. The van der Waals surface area contributed by atoms with E-state index in [1.165, 1.54) is 28.1 Å². The monoisotopic (exact) mass is 491 g/mol. The summed E-state index contributed by atoms with van der Waals surface area (Å²) in [6, 6.07) is 21.7. The van der Waals surface area contributed by atoms with Crippen LogP contribution in [0, 0.1) is 0 Å². The molecule has 0 amide bonds. The molecule has 0 spiro atoms. The van der Waals surface area contributed by atoms with Crippen LogP contribution in [0.15, 0.2) is 60.7 Å². The first-order chi connectivity index (χ1) is 17.0. The van der Waals surface area contributed by atoms with E-state index >= 15 is 0 Å². The molecule has 0 aliphatic carbocycles. The minimum atomic E-state index is 0.0569. The highest BCUT2D eigenvalue weighted by molar-refractivity contribution is 6.30. The van der Waals surface area contributed by atoms with Gasteiger partial charge in [0.05, 0.1) is 19.3 Å². The first-order valence-corrected chi connectivity index (χ1v) is 12.9. The Balaban J connectivity index is 1.55. The standard InChI is InChI=1S/C29H34ClN3O2/c1-20(2)35-28-19-26-22(18-27(28)34-3)12-15-33(29(26)21-4-6-23(30)7-5-21)25-10-8-24(9-11-25)32-16-13-31-14-17-32/h4-11,18-20,29,31H,12-17H2,1-3H3. The molecule has 0 saturated carbocycles. The minimum absolute atomic E-state index is 0.0569. The summed E-state index contributed by atoms with van der Waals surface area (Å²) >= 11 is 6.26. The molecule has 2 heterocycles. The maximum atomic E-state index is 6.26. The van der Waals surface area contributed by atoms with E-state index in [-0.39, 0.29) is 12.1 Å². The number of methoxy groups -OCH3 is 1. The molecule has 6 heteroatoms. The van der Waals surface area contributed by atoms with Crippen molar-refractivity contribution in [1.82, 2.24) is 5.32 Å². The van der Waals surface area contributed by atoms with E-state index in [4.69, 9.17) is 21.1 Å². The number of fused-ring (bicyclic) bond motifs is 1. The SMILES string of the molecule is COc1cc2c(cc1OC(C)C)C(c1ccc(Cl)cc1)N(c1ccc(N3CCNCC3)cc1)CC2. The molecular weight excluding hydrogens is 458 g/mol. The lowest BCUT2D eigenvalue weighted by atomic mass is 9.87. The van der Waals surface area contributed by atoms with Gasteiger partial charge in [0.25, 0.3) is 0 Å². The molecule has 0 radical (unpaired) electrons. The van der Waals surface area contributed by atoms with E-state index in [1.807, 2.05) is 26.0 Å². The van der Waals surface area contributed by atoms with E-state index in [2.05, 4.69) is 63.6 Å². The molecule has 1 saturated heterocycles. The summed E-state index contributed by atoms with van der Waals surface area (Å²) in [5.74, 6) is 1.58. The Hall–Kier alpha value is -2.89. The summed E-state index contributed by atoms with van der Waals surface area (Å²) in [5, 5.41) is 4.18. The van der Waals surface area contributed by atoms with E-state index in [0.29, 0.717) is 0 Å². The van der Waals surface area contributed by atoms with Crippen LogP contribution in [0.1, 0.15) is 36.6 Å². The van der Waals surface area contributed by atoms with Crippen LogP contribution >= 0.6 is 11.6 Å². The van der Waals surface area contributed by atoms with Crippen molar-refractivity contribution < 1.29 is 9.47 Å². The average Bonchev–Trinajstić information content (AvgIpc) is 2.88. The van der Waals surface area contributed by atoms with Crippen LogP contribution in [0.3, 0.4) is 0 Å². The van der Waals surface area contributed by atoms with Gasteiger partial charge in [-0.1, -0.05) is 23.7 Å². The lowest BCUT2D eigenvalue weighted by Crippen LogP contribution is -2.43. The van der Waals surface area contributed by atoms with Crippen molar-refractivity contribution in [3.8, 4) is 11.5 Å². The number of rotatable bonds is 6. The van der Waals surface area contributed by atoms with Gasteiger partial charge in [0, 0.05) is 49.1 Å². The van der Waals surface area contributed by atoms with E-state index in [9.17, 15) is 0 Å². The molecular formula is C29H34ClN3O2. The Bertz CT molecular complexity index is 1140. The number of benzene rings is 3. The normalized spacial score (nSPS) is 17.9. The molecule has 1 N–H and O–H groups in total. The van der Waals surface area contributed by atoms with Crippen molar-refractivity contribution in [1.29, 1.82) is 0 Å². The van der Waals surface area contributed by atoms with Gasteiger partial charge >= 0.3 is 0 Å². The number of hydrogen-bond donors (Lipinski definition) is 1. The zero-order chi connectivity index (χ0) is 24.4. The van der Waals surface area contributed by atoms with Crippen molar-refractivity contribution in [3.63, 3.8) is 0 Å². The lowest BCUT2D eigenvalue weighted by molar-refractivity contribution is 0.229. The average molecular weight is 492 g/mol. The Morgan fingerprint density at radius 3 is 2.23 bits per heavy atom. The number of halogens is 1. The molecule has 2 aliphatic rings. The van der Waals surface area contributed by atoms with Gasteiger partial charge in [0.2, 0.25) is 0 Å². The summed E-state index contributed by atoms with van der Waals surface area (Å²) in [5.41, 5.74) is 6.26. The van der Waals surface area contributed by atoms with Gasteiger partial charge in [0.1, 0.15) is 0 Å². The van der Waals surface area contributed by atoms with Crippen molar-refractivity contribution in [2.45, 2.75) is 32.4 Å². The van der Waals surface area contributed by atoms with Gasteiger partial charge in [-0.25, -0.2) is 0 Å². The molecule has 35 heavy (non-hydrogen) atoms. The third-order valence-electron chi connectivity index (χ3n) is 6.87. The van der Waals surface area contributed by atoms with E-state index in [1.54, 1.807) is 7.11 Å². The number of anilines is 2. The summed E-state index contributed by atoms with van der Waals surface area (Å²) < 4.78 is 11.8. The molecule has 184 valence electrons. The van der Waals surface area contributed by atoms with Gasteiger partial charge in [-0.05, 0) is 85.5 Å². The number of ether oxygens (including phenoxy) is 2. The number of piperazine rings is 1. The number of nitrogens with one attached hydrogen (secondary N) is 1. The number of hydrogen-bond acceptors (Lipinski definition) is 5. The van der Waals surface area contributed by atoms with Crippen LogP contribution in [-0.2, 0) is 6.42 Å². The van der Waals surface area contributed by atoms with Crippen LogP contribution in [0.25, 0.3) is 0 Å². The Morgan fingerprint density at radius 1 is 0.886 bits per heavy atom. The predicted octanol–water partition coefficient (Wildman–Crippen LogP) is 5.70. The van der Waals surface area contributed by atoms with E-state index < -0.39 is 0 Å². The number of nitrogens with zero attached hydrogens (tertiary/aromatic N) is 2. The molecule has 3 aromatic rings. The Labute approximate surface area is 213 Å². The zero-order valence-electron chi connectivity index (χ0n) is 20.8. The highest BCUT2D eigenvalue weighted by Gasteiger charge is 2.31. The van der Waals surface area contributed by atoms with Crippen LogP contribution in [0.4, 0.5) is 11.4 Å². The second-order valence-electron chi connectivity index (χ2n) is 9.52. The molecule has 3 aromatic carbocycles. The van der Waals surface area contributed by atoms with Crippen LogP contribution in [0.5, 0.6) is 11.5 Å². The quantitative estimate of drug-likeness (QED) is 0.479.